The molecule has 0 saturated heterocycles. The van der Waals surface area contributed by atoms with Gasteiger partial charge in [0.1, 0.15) is 0 Å². The number of aromatic nitrogens is 2. The zero-order valence-corrected chi connectivity index (χ0v) is 12.0. The summed E-state index contributed by atoms with van der Waals surface area (Å²) in [6.07, 6.45) is 1.90. The van der Waals surface area contributed by atoms with Gasteiger partial charge in [-0.15, -0.1) is 13.2 Å². The molecule has 0 unspecified atom stereocenters. The molecule has 1 aromatic heterocycles. The van der Waals surface area contributed by atoms with Gasteiger partial charge in [0.05, 0.1) is 30.6 Å². The van der Waals surface area contributed by atoms with E-state index in [9.17, 15) is 13.2 Å². The Balaban J connectivity index is 1.22. The highest BCUT2D eigenvalue weighted by molar-refractivity contribution is 5.27. The fourth-order valence-electron chi connectivity index (χ4n) is 4.00. The summed E-state index contributed by atoms with van der Waals surface area (Å²) in [6.45, 7) is 0.400. The average Bonchev–Trinajstić information content (AvgIpc) is 2.73. The number of hydrogen-bond donors (Lipinski definition) is 1. The standard InChI is InChI=1S/C14H18F3N3O2/c15-14(16,17)22-10-1-9(2-10)5-21-11-3-19-20(4-11)13-6-12(18,7-13)8-13/h3-4,9-10H,1-2,5-8,18H2. The summed E-state index contributed by atoms with van der Waals surface area (Å²) in [5.41, 5.74) is 6.14. The highest BCUT2D eigenvalue weighted by Gasteiger charge is 2.67. The van der Waals surface area contributed by atoms with Crippen LogP contribution in [-0.2, 0) is 10.3 Å². The van der Waals surface area contributed by atoms with Crippen molar-refractivity contribution in [3.8, 4) is 5.75 Å². The Morgan fingerprint density at radius 3 is 2.59 bits per heavy atom. The second kappa shape index (κ2) is 4.38. The van der Waals surface area contributed by atoms with Crippen molar-refractivity contribution >= 4 is 0 Å². The van der Waals surface area contributed by atoms with Gasteiger partial charge in [0.25, 0.3) is 0 Å². The fraction of sp³-hybridized carbons (Fsp3) is 0.786. The smallest absolute Gasteiger partial charge is 0.490 e. The molecule has 4 saturated carbocycles. The van der Waals surface area contributed by atoms with Crippen LogP contribution in [0.15, 0.2) is 12.4 Å². The van der Waals surface area contributed by atoms with Crippen LogP contribution in [0.1, 0.15) is 32.1 Å². The molecule has 4 aliphatic carbocycles. The minimum atomic E-state index is -4.54. The maximum absolute atomic E-state index is 12.0. The van der Waals surface area contributed by atoms with Crippen LogP contribution in [-0.4, -0.2) is 34.4 Å². The molecule has 0 aliphatic heterocycles. The summed E-state index contributed by atoms with van der Waals surface area (Å²) < 4.78 is 47.6. The van der Waals surface area contributed by atoms with E-state index in [0.717, 1.165) is 19.3 Å². The van der Waals surface area contributed by atoms with Gasteiger partial charge in [0.15, 0.2) is 5.75 Å². The Kier molecular flexibility index (Phi) is 2.85. The van der Waals surface area contributed by atoms with Gasteiger partial charge in [0.2, 0.25) is 0 Å². The topological polar surface area (TPSA) is 62.3 Å². The lowest BCUT2D eigenvalue weighted by Gasteiger charge is -2.68. The van der Waals surface area contributed by atoms with E-state index in [1.165, 1.54) is 0 Å². The van der Waals surface area contributed by atoms with Crippen molar-refractivity contribution in [2.75, 3.05) is 6.61 Å². The molecule has 0 radical (unpaired) electrons. The molecule has 5 rings (SSSR count). The van der Waals surface area contributed by atoms with Crippen molar-refractivity contribution in [1.29, 1.82) is 0 Å². The van der Waals surface area contributed by atoms with Gasteiger partial charge in [0, 0.05) is 5.54 Å². The van der Waals surface area contributed by atoms with Crippen LogP contribution >= 0.6 is 0 Å². The lowest BCUT2D eigenvalue weighted by atomic mass is 9.45. The normalized spacial score (nSPS) is 39.6. The third-order valence-electron chi connectivity index (χ3n) is 5.07. The summed E-state index contributed by atoms with van der Waals surface area (Å²) in [5, 5.41) is 4.33. The largest absolute Gasteiger partial charge is 0.522 e. The number of hydrogen-bond acceptors (Lipinski definition) is 4. The first-order valence-corrected chi connectivity index (χ1v) is 7.47. The molecule has 22 heavy (non-hydrogen) atoms. The summed E-state index contributed by atoms with van der Waals surface area (Å²) in [7, 11) is 0. The first kappa shape index (κ1) is 14.3. The maximum Gasteiger partial charge on any atom is 0.522 e. The van der Waals surface area contributed by atoms with E-state index >= 15 is 0 Å². The third kappa shape index (κ3) is 2.38. The number of alkyl halides is 3. The highest BCUT2D eigenvalue weighted by atomic mass is 19.4. The van der Waals surface area contributed by atoms with E-state index < -0.39 is 12.5 Å². The van der Waals surface area contributed by atoms with Gasteiger partial charge >= 0.3 is 6.36 Å². The summed E-state index contributed by atoms with van der Waals surface area (Å²) >= 11 is 0. The van der Waals surface area contributed by atoms with E-state index in [1.54, 1.807) is 6.20 Å². The van der Waals surface area contributed by atoms with Crippen molar-refractivity contribution in [1.82, 2.24) is 9.78 Å². The van der Waals surface area contributed by atoms with Gasteiger partial charge in [-0.1, -0.05) is 0 Å². The molecule has 0 aromatic carbocycles. The average molecular weight is 317 g/mol. The van der Waals surface area contributed by atoms with Crippen LogP contribution in [0.25, 0.3) is 0 Å². The zero-order chi connectivity index (χ0) is 15.6. The van der Waals surface area contributed by atoms with Crippen LogP contribution in [0.5, 0.6) is 5.75 Å². The molecule has 0 amide bonds. The fourth-order valence-corrected chi connectivity index (χ4v) is 4.00. The summed E-state index contributed by atoms with van der Waals surface area (Å²) in [4.78, 5) is 0. The number of halogens is 3. The molecule has 8 heteroatoms. The van der Waals surface area contributed by atoms with Crippen LogP contribution in [0, 0.1) is 5.92 Å². The van der Waals surface area contributed by atoms with Crippen molar-refractivity contribution in [2.45, 2.75) is 55.6 Å². The van der Waals surface area contributed by atoms with Crippen molar-refractivity contribution in [3.05, 3.63) is 12.4 Å². The van der Waals surface area contributed by atoms with Crippen LogP contribution in [0.4, 0.5) is 13.2 Å². The molecular weight excluding hydrogens is 299 g/mol. The molecule has 1 aromatic rings. The van der Waals surface area contributed by atoms with Gasteiger partial charge in [-0.25, -0.2) is 0 Å². The van der Waals surface area contributed by atoms with Gasteiger partial charge < -0.3 is 10.5 Å². The van der Waals surface area contributed by atoms with Crippen molar-refractivity contribution < 1.29 is 22.6 Å². The lowest BCUT2D eigenvalue weighted by Crippen LogP contribution is -2.76. The van der Waals surface area contributed by atoms with Crippen LogP contribution < -0.4 is 10.5 Å². The Morgan fingerprint density at radius 1 is 1.32 bits per heavy atom. The molecule has 2 bridgehead atoms. The zero-order valence-electron chi connectivity index (χ0n) is 12.0. The second-order valence-corrected chi connectivity index (χ2v) is 7.07. The number of nitrogens with zero attached hydrogens (tertiary/aromatic N) is 2. The number of ether oxygens (including phenoxy) is 2. The maximum atomic E-state index is 12.0. The number of rotatable bonds is 5. The van der Waals surface area contributed by atoms with E-state index in [4.69, 9.17) is 10.5 Å². The minimum Gasteiger partial charge on any atom is -0.490 e. The van der Waals surface area contributed by atoms with E-state index in [1.807, 2.05) is 10.9 Å². The Hall–Kier alpha value is -1.28. The second-order valence-electron chi connectivity index (χ2n) is 7.07. The first-order chi connectivity index (χ1) is 10.3. The Bertz CT molecular complexity index is 560. The molecule has 4 fully saturated rings. The molecular formula is C14H18F3N3O2. The molecule has 1 heterocycles. The minimum absolute atomic E-state index is 0.0202. The van der Waals surface area contributed by atoms with Gasteiger partial charge in [-0.3, -0.25) is 9.42 Å². The van der Waals surface area contributed by atoms with E-state index in [2.05, 4.69) is 9.84 Å². The van der Waals surface area contributed by atoms with Gasteiger partial charge in [-0.2, -0.15) is 5.10 Å². The SMILES string of the molecule is NC12CC(n3cc(OCC4CC(OC(F)(F)F)C4)cn3)(C1)C2. The highest BCUT2D eigenvalue weighted by Crippen LogP contribution is 2.63. The van der Waals surface area contributed by atoms with Gasteiger partial charge in [-0.05, 0) is 38.0 Å². The molecule has 4 aliphatic rings. The van der Waals surface area contributed by atoms with Crippen molar-refractivity contribution in [3.63, 3.8) is 0 Å². The lowest BCUT2D eigenvalue weighted by molar-refractivity contribution is -0.354. The molecule has 0 spiro atoms. The number of nitrogens with two attached hydrogens (primary N) is 1. The molecule has 2 N–H and O–H groups in total. The first-order valence-electron chi connectivity index (χ1n) is 7.47. The summed E-state index contributed by atoms with van der Waals surface area (Å²) in [5.74, 6) is 0.772. The Labute approximate surface area is 125 Å². The van der Waals surface area contributed by atoms with Crippen molar-refractivity contribution in [2.24, 2.45) is 11.7 Å². The van der Waals surface area contributed by atoms with Crippen LogP contribution in [0.3, 0.4) is 0 Å². The third-order valence-corrected chi connectivity index (χ3v) is 5.07. The monoisotopic (exact) mass is 317 g/mol. The molecule has 5 nitrogen and oxygen atoms in total. The predicted molar refractivity (Wildman–Crippen MR) is 70.1 cm³/mol. The quantitative estimate of drug-likeness (QED) is 0.904. The van der Waals surface area contributed by atoms with Crippen LogP contribution in [0.2, 0.25) is 0 Å². The predicted octanol–water partition coefficient (Wildman–Crippen LogP) is 2.17. The summed E-state index contributed by atoms with van der Waals surface area (Å²) in [6, 6.07) is 0. The Morgan fingerprint density at radius 2 is 2.00 bits per heavy atom. The molecule has 122 valence electrons. The van der Waals surface area contributed by atoms with E-state index in [-0.39, 0.29) is 17.0 Å². The molecule has 0 atom stereocenters. The van der Waals surface area contributed by atoms with E-state index in [0.29, 0.717) is 25.2 Å².